The van der Waals surface area contributed by atoms with Crippen LogP contribution in [0.4, 0.5) is 5.69 Å². The van der Waals surface area contributed by atoms with Crippen molar-refractivity contribution in [3.8, 4) is 0 Å². The molecule has 0 spiro atoms. The van der Waals surface area contributed by atoms with Gasteiger partial charge < -0.3 is 15.3 Å². The maximum absolute atomic E-state index is 11.9. The van der Waals surface area contributed by atoms with E-state index in [0.717, 1.165) is 31.4 Å². The molecule has 1 aliphatic heterocycles. The number of hydrogen-bond acceptors (Lipinski definition) is 4. The predicted octanol–water partition coefficient (Wildman–Crippen LogP) is 2.78. The lowest BCUT2D eigenvalue weighted by atomic mass is 10.1. The highest BCUT2D eigenvalue weighted by Crippen LogP contribution is 2.18. The molecule has 1 fully saturated rings. The van der Waals surface area contributed by atoms with Crippen LogP contribution >= 0.6 is 0 Å². The zero-order valence-electron chi connectivity index (χ0n) is 11.6. The Morgan fingerprint density at radius 3 is 3.10 bits per heavy atom. The molecule has 1 atom stereocenters. The summed E-state index contributed by atoms with van der Waals surface area (Å²) in [4.78, 5) is 11.9. The summed E-state index contributed by atoms with van der Waals surface area (Å²) in [6.45, 7) is 2.52. The Balaban J connectivity index is 1.87. The highest BCUT2D eigenvalue weighted by atomic mass is 16.5. The highest BCUT2D eigenvalue weighted by molar-refractivity contribution is 6.00. The minimum atomic E-state index is -0.0174. The van der Waals surface area contributed by atoms with Crippen LogP contribution in [-0.4, -0.2) is 29.5 Å². The third kappa shape index (κ3) is 4.06. The standard InChI is InChI=1S/C15H20N2O3/c1-11(17-19)12-4-2-5-13(10-12)16-15(18)8-7-14-6-3-9-20-14/h2,4-5,10,14,19H,3,6-9H2,1H3,(H,16,18). The van der Waals surface area contributed by atoms with Crippen molar-refractivity contribution in [1.29, 1.82) is 0 Å². The van der Waals surface area contributed by atoms with Crippen molar-refractivity contribution in [2.75, 3.05) is 11.9 Å². The SMILES string of the molecule is CC(=NO)c1cccc(NC(=O)CCC2CCCO2)c1. The highest BCUT2D eigenvalue weighted by Gasteiger charge is 2.16. The van der Waals surface area contributed by atoms with Gasteiger partial charge in [-0.25, -0.2) is 0 Å². The average molecular weight is 276 g/mol. The smallest absolute Gasteiger partial charge is 0.224 e. The maximum Gasteiger partial charge on any atom is 0.224 e. The topological polar surface area (TPSA) is 70.9 Å². The lowest BCUT2D eigenvalue weighted by Crippen LogP contribution is -2.15. The number of carbonyl (C=O) groups is 1. The molecule has 2 N–H and O–H groups in total. The molecule has 2 rings (SSSR count). The number of benzene rings is 1. The largest absolute Gasteiger partial charge is 0.411 e. The molecule has 1 saturated heterocycles. The van der Waals surface area contributed by atoms with Gasteiger partial charge in [-0.15, -0.1) is 0 Å². The molecule has 1 amide bonds. The first-order valence-corrected chi connectivity index (χ1v) is 6.89. The molecule has 108 valence electrons. The molecular weight excluding hydrogens is 256 g/mol. The molecule has 5 nitrogen and oxygen atoms in total. The monoisotopic (exact) mass is 276 g/mol. The molecule has 0 aromatic heterocycles. The number of carbonyl (C=O) groups excluding carboxylic acids is 1. The van der Waals surface area contributed by atoms with E-state index in [1.54, 1.807) is 13.0 Å². The molecule has 1 unspecified atom stereocenters. The summed E-state index contributed by atoms with van der Waals surface area (Å²) in [7, 11) is 0. The van der Waals surface area contributed by atoms with E-state index < -0.39 is 0 Å². The van der Waals surface area contributed by atoms with Gasteiger partial charge in [-0.1, -0.05) is 17.3 Å². The van der Waals surface area contributed by atoms with Gasteiger partial charge in [0.1, 0.15) is 0 Å². The summed E-state index contributed by atoms with van der Waals surface area (Å²) in [5.74, 6) is -0.0174. The van der Waals surface area contributed by atoms with Gasteiger partial charge in [0.05, 0.1) is 11.8 Å². The molecule has 1 aliphatic rings. The molecule has 20 heavy (non-hydrogen) atoms. The van der Waals surface area contributed by atoms with E-state index in [2.05, 4.69) is 10.5 Å². The van der Waals surface area contributed by atoms with Gasteiger partial charge in [0.2, 0.25) is 5.91 Å². The molecule has 1 heterocycles. The predicted molar refractivity (Wildman–Crippen MR) is 77.3 cm³/mol. The molecule has 0 radical (unpaired) electrons. The molecular formula is C15H20N2O3. The Kier molecular flexibility index (Phi) is 5.12. The molecule has 0 aliphatic carbocycles. The third-order valence-electron chi connectivity index (χ3n) is 3.43. The Hall–Kier alpha value is -1.88. The number of rotatable bonds is 5. The first-order valence-electron chi connectivity index (χ1n) is 6.89. The van der Waals surface area contributed by atoms with E-state index in [0.29, 0.717) is 17.8 Å². The Morgan fingerprint density at radius 1 is 1.55 bits per heavy atom. The normalized spacial score (nSPS) is 19.1. The molecule has 0 bridgehead atoms. The van der Waals surface area contributed by atoms with E-state index in [4.69, 9.17) is 9.94 Å². The molecule has 0 saturated carbocycles. The Labute approximate surface area is 118 Å². The lowest BCUT2D eigenvalue weighted by Gasteiger charge is -2.10. The van der Waals surface area contributed by atoms with Crippen LogP contribution in [0.15, 0.2) is 29.4 Å². The second kappa shape index (κ2) is 7.05. The summed E-state index contributed by atoms with van der Waals surface area (Å²) in [5, 5.41) is 14.8. The summed E-state index contributed by atoms with van der Waals surface area (Å²) >= 11 is 0. The van der Waals surface area contributed by atoms with E-state index in [-0.39, 0.29) is 12.0 Å². The van der Waals surface area contributed by atoms with Gasteiger partial charge in [-0.3, -0.25) is 4.79 Å². The van der Waals surface area contributed by atoms with Gasteiger partial charge in [0.15, 0.2) is 0 Å². The van der Waals surface area contributed by atoms with Crippen LogP contribution in [0.1, 0.15) is 38.2 Å². The summed E-state index contributed by atoms with van der Waals surface area (Å²) in [6.07, 6.45) is 3.60. The fourth-order valence-electron chi connectivity index (χ4n) is 2.27. The first kappa shape index (κ1) is 14.5. The van der Waals surface area contributed by atoms with E-state index in [1.165, 1.54) is 0 Å². The average Bonchev–Trinajstić information content (AvgIpc) is 2.98. The number of nitrogens with one attached hydrogen (secondary N) is 1. The van der Waals surface area contributed by atoms with Gasteiger partial charge in [-0.05, 0) is 38.3 Å². The van der Waals surface area contributed by atoms with Crippen molar-refractivity contribution in [2.24, 2.45) is 5.16 Å². The van der Waals surface area contributed by atoms with Gasteiger partial charge >= 0.3 is 0 Å². The Morgan fingerprint density at radius 2 is 2.40 bits per heavy atom. The van der Waals surface area contributed by atoms with Crippen LogP contribution in [0, 0.1) is 0 Å². The lowest BCUT2D eigenvalue weighted by molar-refractivity contribution is -0.116. The van der Waals surface area contributed by atoms with Crippen LogP contribution in [0.25, 0.3) is 0 Å². The number of ether oxygens (including phenoxy) is 1. The Bertz CT molecular complexity index is 494. The summed E-state index contributed by atoms with van der Waals surface area (Å²) in [5.41, 5.74) is 2.01. The number of oxime groups is 1. The molecule has 1 aromatic carbocycles. The fourth-order valence-corrected chi connectivity index (χ4v) is 2.27. The maximum atomic E-state index is 11.9. The third-order valence-corrected chi connectivity index (χ3v) is 3.43. The van der Waals surface area contributed by atoms with Crippen molar-refractivity contribution in [3.05, 3.63) is 29.8 Å². The summed E-state index contributed by atoms with van der Waals surface area (Å²) < 4.78 is 5.50. The quantitative estimate of drug-likeness (QED) is 0.493. The number of amides is 1. The summed E-state index contributed by atoms with van der Waals surface area (Å²) in [6, 6.07) is 7.26. The number of nitrogens with zero attached hydrogens (tertiary/aromatic N) is 1. The molecule has 1 aromatic rings. The van der Waals surface area contributed by atoms with E-state index >= 15 is 0 Å². The second-order valence-corrected chi connectivity index (χ2v) is 4.99. The van der Waals surface area contributed by atoms with Crippen LogP contribution in [0.5, 0.6) is 0 Å². The van der Waals surface area contributed by atoms with Gasteiger partial charge in [0.25, 0.3) is 0 Å². The van der Waals surface area contributed by atoms with Crippen LogP contribution in [-0.2, 0) is 9.53 Å². The minimum absolute atomic E-state index is 0.0174. The van der Waals surface area contributed by atoms with Crippen LogP contribution in [0.3, 0.4) is 0 Å². The number of hydrogen-bond donors (Lipinski definition) is 2. The van der Waals surface area contributed by atoms with E-state index in [1.807, 2.05) is 18.2 Å². The van der Waals surface area contributed by atoms with Crippen molar-refractivity contribution in [3.63, 3.8) is 0 Å². The zero-order valence-corrected chi connectivity index (χ0v) is 11.6. The van der Waals surface area contributed by atoms with Gasteiger partial charge in [-0.2, -0.15) is 0 Å². The van der Waals surface area contributed by atoms with Crippen molar-refractivity contribution >= 4 is 17.3 Å². The number of anilines is 1. The van der Waals surface area contributed by atoms with Crippen LogP contribution in [0.2, 0.25) is 0 Å². The van der Waals surface area contributed by atoms with E-state index in [9.17, 15) is 4.79 Å². The van der Waals surface area contributed by atoms with Crippen molar-refractivity contribution in [2.45, 2.75) is 38.7 Å². The molecule has 5 heteroatoms. The van der Waals surface area contributed by atoms with Crippen LogP contribution < -0.4 is 5.32 Å². The fraction of sp³-hybridized carbons (Fsp3) is 0.467. The first-order chi connectivity index (χ1) is 9.69. The minimum Gasteiger partial charge on any atom is -0.411 e. The van der Waals surface area contributed by atoms with Crippen molar-refractivity contribution < 1.29 is 14.7 Å². The second-order valence-electron chi connectivity index (χ2n) is 4.99. The van der Waals surface area contributed by atoms with Crippen molar-refractivity contribution in [1.82, 2.24) is 0 Å². The van der Waals surface area contributed by atoms with Gasteiger partial charge in [0, 0.05) is 24.3 Å². The zero-order chi connectivity index (χ0) is 14.4.